The quantitative estimate of drug-likeness (QED) is 0.580. The molecule has 0 spiro atoms. The van der Waals surface area contributed by atoms with Crippen LogP contribution in [0.25, 0.3) is 11.5 Å². The molecule has 0 fully saturated rings. The Morgan fingerprint density at radius 3 is 2.83 bits per heavy atom. The molecular weight excluding hydrogens is 446 g/mol. The predicted molar refractivity (Wildman–Crippen MR) is 129 cm³/mol. The van der Waals surface area contributed by atoms with Gasteiger partial charge in [0, 0.05) is 31.2 Å². The zero-order chi connectivity index (χ0) is 24.7. The summed E-state index contributed by atoms with van der Waals surface area (Å²) in [5.41, 5.74) is 2.71. The molecule has 35 heavy (non-hydrogen) atoms. The van der Waals surface area contributed by atoms with Crippen molar-refractivity contribution in [3.63, 3.8) is 0 Å². The number of carbonyl (C=O) groups is 2. The Morgan fingerprint density at radius 1 is 1.20 bits per heavy atom. The van der Waals surface area contributed by atoms with Crippen molar-refractivity contribution >= 4 is 17.6 Å². The number of nitrogens with zero attached hydrogens (tertiary/aromatic N) is 6. The smallest absolute Gasteiger partial charge is 0.275 e. The lowest BCUT2D eigenvalue weighted by Gasteiger charge is -2.29. The number of rotatable bonds is 5. The number of aryl methyl sites for hydroxylation is 1. The molecule has 2 amide bonds. The average Bonchev–Trinajstić information content (AvgIpc) is 3.39. The minimum Gasteiger partial charge on any atom is -0.393 e. The maximum Gasteiger partial charge on any atom is 0.275 e. The predicted octanol–water partition coefficient (Wildman–Crippen LogP) is 2.32. The van der Waals surface area contributed by atoms with E-state index in [1.165, 1.54) is 0 Å². The highest BCUT2D eigenvalue weighted by molar-refractivity contribution is 6.02. The number of fused-ring (bicyclic) bond motifs is 2. The van der Waals surface area contributed by atoms with Gasteiger partial charge in [-0.3, -0.25) is 14.6 Å². The van der Waals surface area contributed by atoms with Gasteiger partial charge in [-0.05, 0) is 62.9 Å². The number of pyridine rings is 2. The SMILES string of the molecule is C[C@H](O)CC(=O)N1CCc2cnc(C(=O)Nc3cccc(-c4nnc5n4C(C)(C)CC5)n3)cc2C1. The van der Waals surface area contributed by atoms with Crippen LogP contribution in [0.5, 0.6) is 0 Å². The molecule has 0 aliphatic carbocycles. The molecule has 182 valence electrons. The molecule has 10 heteroatoms. The lowest BCUT2D eigenvalue weighted by Crippen LogP contribution is -2.37. The first-order valence-corrected chi connectivity index (χ1v) is 11.9. The Bertz CT molecular complexity index is 1300. The van der Waals surface area contributed by atoms with Crippen molar-refractivity contribution in [2.75, 3.05) is 11.9 Å². The number of hydrogen-bond acceptors (Lipinski definition) is 7. The van der Waals surface area contributed by atoms with Gasteiger partial charge < -0.3 is 19.9 Å². The van der Waals surface area contributed by atoms with Crippen molar-refractivity contribution in [2.45, 2.75) is 64.6 Å². The fraction of sp³-hybridized carbons (Fsp3) is 0.440. The summed E-state index contributed by atoms with van der Waals surface area (Å²) >= 11 is 0. The molecule has 2 aliphatic rings. The van der Waals surface area contributed by atoms with E-state index in [9.17, 15) is 14.7 Å². The fourth-order valence-corrected chi connectivity index (χ4v) is 4.78. The highest BCUT2D eigenvalue weighted by Gasteiger charge is 2.34. The van der Waals surface area contributed by atoms with Gasteiger partial charge in [0.05, 0.1) is 12.5 Å². The Balaban J connectivity index is 1.33. The second-order valence-electron chi connectivity index (χ2n) is 9.91. The van der Waals surface area contributed by atoms with Gasteiger partial charge in [-0.1, -0.05) is 6.07 Å². The Kier molecular flexibility index (Phi) is 5.84. The van der Waals surface area contributed by atoms with E-state index in [1.807, 2.05) is 12.1 Å². The molecule has 0 saturated carbocycles. The maximum atomic E-state index is 13.0. The third-order valence-corrected chi connectivity index (χ3v) is 6.67. The highest BCUT2D eigenvalue weighted by Crippen LogP contribution is 2.35. The molecule has 0 unspecified atom stereocenters. The van der Waals surface area contributed by atoms with E-state index in [0.717, 1.165) is 29.8 Å². The number of amides is 2. The van der Waals surface area contributed by atoms with Crippen LogP contribution >= 0.6 is 0 Å². The maximum absolute atomic E-state index is 13.0. The van der Waals surface area contributed by atoms with Crippen molar-refractivity contribution < 1.29 is 14.7 Å². The number of aliphatic hydroxyl groups is 1. The number of aliphatic hydroxyl groups excluding tert-OH is 1. The molecule has 2 aliphatic heterocycles. The summed E-state index contributed by atoms with van der Waals surface area (Å²) in [4.78, 5) is 36.0. The average molecular weight is 476 g/mol. The molecule has 0 bridgehead atoms. The monoisotopic (exact) mass is 475 g/mol. The van der Waals surface area contributed by atoms with E-state index < -0.39 is 6.10 Å². The number of nitrogens with one attached hydrogen (secondary N) is 1. The summed E-state index contributed by atoms with van der Waals surface area (Å²) in [6.07, 6.45) is 3.64. The Morgan fingerprint density at radius 2 is 2.03 bits per heavy atom. The summed E-state index contributed by atoms with van der Waals surface area (Å²) < 4.78 is 2.12. The molecular formula is C25H29N7O3. The van der Waals surface area contributed by atoms with Gasteiger partial charge in [0.2, 0.25) is 5.91 Å². The number of aromatic nitrogens is 5. The second-order valence-corrected chi connectivity index (χ2v) is 9.91. The topological polar surface area (TPSA) is 126 Å². The van der Waals surface area contributed by atoms with E-state index in [2.05, 4.69) is 43.9 Å². The van der Waals surface area contributed by atoms with Crippen molar-refractivity contribution in [1.29, 1.82) is 0 Å². The van der Waals surface area contributed by atoms with Crippen molar-refractivity contribution in [3.8, 4) is 11.5 Å². The molecule has 5 heterocycles. The van der Waals surface area contributed by atoms with Crippen LogP contribution < -0.4 is 5.32 Å². The molecule has 0 radical (unpaired) electrons. The van der Waals surface area contributed by atoms with E-state index in [-0.39, 0.29) is 29.5 Å². The van der Waals surface area contributed by atoms with Gasteiger partial charge in [0.25, 0.3) is 5.91 Å². The van der Waals surface area contributed by atoms with Crippen molar-refractivity contribution in [1.82, 2.24) is 29.6 Å². The first-order valence-electron chi connectivity index (χ1n) is 11.9. The summed E-state index contributed by atoms with van der Waals surface area (Å²) in [5.74, 6) is 1.55. The highest BCUT2D eigenvalue weighted by atomic mass is 16.3. The molecule has 0 saturated heterocycles. The van der Waals surface area contributed by atoms with Gasteiger partial charge in [-0.15, -0.1) is 10.2 Å². The Hall–Kier alpha value is -3.66. The molecule has 1 atom stereocenters. The van der Waals surface area contributed by atoms with Gasteiger partial charge in [-0.25, -0.2) is 4.98 Å². The third-order valence-electron chi connectivity index (χ3n) is 6.67. The second kappa shape index (κ2) is 8.84. The van der Waals surface area contributed by atoms with Crippen LogP contribution in [0.1, 0.15) is 61.1 Å². The minimum absolute atomic E-state index is 0.0855. The van der Waals surface area contributed by atoms with Gasteiger partial charge >= 0.3 is 0 Å². The van der Waals surface area contributed by atoms with Crippen LogP contribution in [-0.2, 0) is 29.7 Å². The third kappa shape index (κ3) is 4.53. The summed E-state index contributed by atoms with van der Waals surface area (Å²) in [6, 6.07) is 7.14. The standard InChI is InChI=1S/C25H29N7O3/c1-15(33)11-22(34)31-10-8-16-13-26-19(12-17(16)14-31)24(35)28-20-6-4-5-18(27-20)23-30-29-21-7-9-25(2,3)32(21)23/h4-6,12-13,15,33H,7-11,14H2,1-3H3,(H,27,28,35)/t15-/m0/s1. The molecule has 3 aromatic heterocycles. The van der Waals surface area contributed by atoms with Gasteiger partial charge in [-0.2, -0.15) is 0 Å². The van der Waals surface area contributed by atoms with Gasteiger partial charge in [0.15, 0.2) is 5.82 Å². The lowest BCUT2D eigenvalue weighted by atomic mass is 10.0. The summed E-state index contributed by atoms with van der Waals surface area (Å²) in [6.45, 7) is 6.88. The van der Waals surface area contributed by atoms with Crippen LogP contribution in [0.4, 0.5) is 5.82 Å². The summed E-state index contributed by atoms with van der Waals surface area (Å²) in [7, 11) is 0. The van der Waals surface area contributed by atoms with Crippen molar-refractivity contribution in [3.05, 3.63) is 53.1 Å². The summed E-state index contributed by atoms with van der Waals surface area (Å²) in [5, 5.41) is 21.0. The fourth-order valence-electron chi connectivity index (χ4n) is 4.78. The first-order chi connectivity index (χ1) is 16.7. The number of anilines is 1. The molecule has 5 rings (SSSR count). The van der Waals surface area contributed by atoms with E-state index in [0.29, 0.717) is 36.8 Å². The van der Waals surface area contributed by atoms with E-state index in [4.69, 9.17) is 0 Å². The first kappa shape index (κ1) is 23.1. The molecule has 3 aromatic rings. The van der Waals surface area contributed by atoms with E-state index in [1.54, 1.807) is 30.2 Å². The zero-order valence-electron chi connectivity index (χ0n) is 20.2. The van der Waals surface area contributed by atoms with Crippen LogP contribution in [0.3, 0.4) is 0 Å². The zero-order valence-corrected chi connectivity index (χ0v) is 20.2. The van der Waals surface area contributed by atoms with Crippen LogP contribution in [0.2, 0.25) is 0 Å². The van der Waals surface area contributed by atoms with Crippen LogP contribution in [0.15, 0.2) is 30.5 Å². The minimum atomic E-state index is -0.684. The van der Waals surface area contributed by atoms with Crippen LogP contribution in [-0.4, -0.2) is 59.2 Å². The number of hydrogen-bond donors (Lipinski definition) is 2. The molecule has 0 aromatic carbocycles. The van der Waals surface area contributed by atoms with Gasteiger partial charge in [0.1, 0.15) is 23.0 Å². The number of carbonyl (C=O) groups excluding carboxylic acids is 2. The van der Waals surface area contributed by atoms with E-state index >= 15 is 0 Å². The lowest BCUT2D eigenvalue weighted by molar-refractivity contribution is -0.133. The molecule has 10 nitrogen and oxygen atoms in total. The molecule has 2 N–H and O–H groups in total. The Labute approximate surface area is 203 Å². The normalized spacial score (nSPS) is 17.0. The largest absolute Gasteiger partial charge is 0.393 e. The van der Waals surface area contributed by atoms with Crippen molar-refractivity contribution in [2.24, 2.45) is 0 Å². The van der Waals surface area contributed by atoms with Crippen LogP contribution in [0, 0.1) is 0 Å².